The Labute approximate surface area is 116 Å². The van der Waals surface area contributed by atoms with Crippen LogP contribution in [0.15, 0.2) is 36.4 Å². The van der Waals surface area contributed by atoms with Gasteiger partial charge in [0, 0.05) is 11.8 Å². The van der Waals surface area contributed by atoms with Gasteiger partial charge in [0.2, 0.25) is 0 Å². The number of phenolic OH excluding ortho intramolecular Hbond substituents is 2. The number of halogens is 1. The van der Waals surface area contributed by atoms with Crippen molar-refractivity contribution in [2.75, 3.05) is 5.32 Å². The topological polar surface area (TPSA) is 52.5 Å². The average Bonchev–Trinajstić information content (AvgIpc) is 2.43. The van der Waals surface area contributed by atoms with Gasteiger partial charge in [-0.15, -0.1) is 0 Å². The van der Waals surface area contributed by atoms with Crippen LogP contribution in [0.3, 0.4) is 0 Å². The maximum absolute atomic E-state index is 13.4. The van der Waals surface area contributed by atoms with E-state index in [0.717, 1.165) is 30.4 Å². The molecule has 0 bridgehead atoms. The predicted octanol–water partition coefficient (Wildman–Crippen LogP) is 3.73. The molecule has 0 spiro atoms. The molecule has 4 heteroatoms. The Balaban J connectivity index is 1.87. The smallest absolute Gasteiger partial charge is 0.166 e. The lowest BCUT2D eigenvalue weighted by atomic mass is 9.87. The second kappa shape index (κ2) is 5.04. The lowest BCUT2D eigenvalue weighted by molar-refractivity contribution is 0.432. The molecule has 3 nitrogen and oxygen atoms in total. The van der Waals surface area contributed by atoms with Gasteiger partial charge in [0.25, 0.3) is 0 Å². The van der Waals surface area contributed by atoms with Crippen LogP contribution < -0.4 is 5.32 Å². The number of nitrogens with one attached hydrogen (secondary N) is 1. The molecule has 0 saturated carbocycles. The van der Waals surface area contributed by atoms with Crippen LogP contribution in [0.1, 0.15) is 30.0 Å². The van der Waals surface area contributed by atoms with Crippen LogP contribution in [-0.4, -0.2) is 10.2 Å². The van der Waals surface area contributed by atoms with Crippen molar-refractivity contribution in [3.63, 3.8) is 0 Å². The molecule has 1 aliphatic rings. The third-order valence-corrected chi connectivity index (χ3v) is 3.73. The Morgan fingerprint density at radius 1 is 1.10 bits per heavy atom. The summed E-state index contributed by atoms with van der Waals surface area (Å²) in [6.07, 6.45) is 2.93. The molecule has 1 aliphatic carbocycles. The zero-order valence-electron chi connectivity index (χ0n) is 10.9. The number of hydrogen-bond acceptors (Lipinski definition) is 3. The van der Waals surface area contributed by atoms with E-state index in [9.17, 15) is 14.6 Å². The molecule has 0 fully saturated rings. The van der Waals surface area contributed by atoms with E-state index in [1.165, 1.54) is 12.1 Å². The van der Waals surface area contributed by atoms with Gasteiger partial charge in [0.15, 0.2) is 11.6 Å². The fourth-order valence-electron chi connectivity index (χ4n) is 2.75. The quantitative estimate of drug-likeness (QED) is 0.731. The SMILES string of the molecule is Oc1ccc2c(c1)CCCC2Nc1ccc(O)c(F)c1. The first-order valence-electron chi connectivity index (χ1n) is 6.70. The van der Waals surface area contributed by atoms with Crippen LogP contribution in [0.2, 0.25) is 0 Å². The molecule has 2 aromatic carbocycles. The number of rotatable bonds is 2. The maximum atomic E-state index is 13.4. The van der Waals surface area contributed by atoms with E-state index in [2.05, 4.69) is 5.32 Å². The van der Waals surface area contributed by atoms with Crippen molar-refractivity contribution < 1.29 is 14.6 Å². The highest BCUT2D eigenvalue weighted by atomic mass is 19.1. The normalized spacial score (nSPS) is 17.6. The number of anilines is 1. The molecule has 1 atom stereocenters. The van der Waals surface area contributed by atoms with Crippen molar-refractivity contribution in [3.8, 4) is 11.5 Å². The number of fused-ring (bicyclic) bond motifs is 1. The van der Waals surface area contributed by atoms with Gasteiger partial charge in [-0.1, -0.05) is 6.07 Å². The molecule has 0 aromatic heterocycles. The number of aryl methyl sites for hydroxylation is 1. The van der Waals surface area contributed by atoms with Crippen LogP contribution in [0, 0.1) is 5.82 Å². The molecule has 3 rings (SSSR count). The average molecular weight is 273 g/mol. The largest absolute Gasteiger partial charge is 0.508 e. The number of aromatic hydroxyl groups is 2. The number of hydrogen-bond donors (Lipinski definition) is 3. The zero-order valence-corrected chi connectivity index (χ0v) is 10.9. The minimum atomic E-state index is -0.628. The molecule has 20 heavy (non-hydrogen) atoms. The fraction of sp³-hybridized carbons (Fsp3) is 0.250. The third-order valence-electron chi connectivity index (χ3n) is 3.73. The molecule has 0 saturated heterocycles. The van der Waals surface area contributed by atoms with Crippen LogP contribution in [-0.2, 0) is 6.42 Å². The maximum Gasteiger partial charge on any atom is 0.166 e. The van der Waals surface area contributed by atoms with Gasteiger partial charge in [0.05, 0.1) is 6.04 Å². The highest BCUT2D eigenvalue weighted by Gasteiger charge is 2.20. The molecule has 104 valence electrons. The standard InChI is InChI=1S/C16H16FNO2/c17-14-9-11(4-7-16(14)20)18-15-3-1-2-10-8-12(19)5-6-13(10)15/h4-9,15,18-20H,1-3H2. The van der Waals surface area contributed by atoms with Crippen molar-refractivity contribution in [1.82, 2.24) is 0 Å². The molecule has 1 unspecified atom stereocenters. The van der Waals surface area contributed by atoms with E-state index >= 15 is 0 Å². The zero-order chi connectivity index (χ0) is 14.1. The van der Waals surface area contributed by atoms with Crippen molar-refractivity contribution >= 4 is 5.69 Å². The van der Waals surface area contributed by atoms with E-state index in [4.69, 9.17) is 0 Å². The molecule has 3 N–H and O–H groups in total. The van der Waals surface area contributed by atoms with Gasteiger partial charge in [0.1, 0.15) is 5.75 Å². The second-order valence-electron chi connectivity index (χ2n) is 5.14. The summed E-state index contributed by atoms with van der Waals surface area (Å²) in [5.74, 6) is -0.693. The fourth-order valence-corrected chi connectivity index (χ4v) is 2.75. The molecule has 0 aliphatic heterocycles. The first-order chi connectivity index (χ1) is 9.63. The summed E-state index contributed by atoms with van der Waals surface area (Å²) < 4.78 is 13.4. The number of benzene rings is 2. The molecular formula is C16H16FNO2. The third kappa shape index (κ3) is 2.41. The number of phenols is 2. The first kappa shape index (κ1) is 12.8. The molecule has 0 heterocycles. The van der Waals surface area contributed by atoms with E-state index in [1.54, 1.807) is 18.2 Å². The summed E-state index contributed by atoms with van der Waals surface area (Å²) in [4.78, 5) is 0. The van der Waals surface area contributed by atoms with Crippen LogP contribution in [0.5, 0.6) is 11.5 Å². The van der Waals surface area contributed by atoms with E-state index in [-0.39, 0.29) is 17.5 Å². The summed E-state index contributed by atoms with van der Waals surface area (Å²) >= 11 is 0. The summed E-state index contributed by atoms with van der Waals surface area (Å²) in [5, 5.41) is 22.0. The van der Waals surface area contributed by atoms with Gasteiger partial charge in [-0.25, -0.2) is 4.39 Å². The van der Waals surface area contributed by atoms with Gasteiger partial charge in [-0.05, 0) is 54.7 Å². The highest BCUT2D eigenvalue weighted by molar-refractivity contribution is 5.50. The molecule has 0 radical (unpaired) electrons. The van der Waals surface area contributed by atoms with Crippen LogP contribution in [0.4, 0.5) is 10.1 Å². The molecule has 2 aromatic rings. The summed E-state index contributed by atoms with van der Waals surface area (Å²) in [6.45, 7) is 0. The monoisotopic (exact) mass is 273 g/mol. The Hall–Kier alpha value is -2.23. The van der Waals surface area contributed by atoms with Crippen molar-refractivity contribution in [2.24, 2.45) is 0 Å². The Kier molecular flexibility index (Phi) is 3.22. The second-order valence-corrected chi connectivity index (χ2v) is 5.14. The highest BCUT2D eigenvalue weighted by Crippen LogP contribution is 2.34. The van der Waals surface area contributed by atoms with Gasteiger partial charge >= 0.3 is 0 Å². The summed E-state index contributed by atoms with van der Waals surface area (Å²) in [5.41, 5.74) is 2.92. The Morgan fingerprint density at radius 2 is 1.95 bits per heavy atom. The Bertz CT molecular complexity index is 642. The van der Waals surface area contributed by atoms with Crippen molar-refractivity contribution in [3.05, 3.63) is 53.3 Å². The van der Waals surface area contributed by atoms with E-state index in [0.29, 0.717) is 5.69 Å². The lowest BCUT2D eigenvalue weighted by Gasteiger charge is -2.27. The van der Waals surface area contributed by atoms with Gasteiger partial charge in [-0.2, -0.15) is 0 Å². The minimum Gasteiger partial charge on any atom is -0.508 e. The minimum absolute atomic E-state index is 0.100. The van der Waals surface area contributed by atoms with Crippen LogP contribution >= 0.6 is 0 Å². The van der Waals surface area contributed by atoms with E-state index < -0.39 is 5.82 Å². The molecular weight excluding hydrogens is 257 g/mol. The summed E-state index contributed by atoms with van der Waals surface area (Å²) in [7, 11) is 0. The van der Waals surface area contributed by atoms with E-state index in [1.807, 2.05) is 6.07 Å². The summed E-state index contributed by atoms with van der Waals surface area (Å²) in [6, 6.07) is 9.79. The van der Waals surface area contributed by atoms with Gasteiger partial charge in [-0.3, -0.25) is 0 Å². The predicted molar refractivity (Wildman–Crippen MR) is 75.5 cm³/mol. The molecule has 0 amide bonds. The van der Waals surface area contributed by atoms with Crippen LogP contribution in [0.25, 0.3) is 0 Å². The first-order valence-corrected chi connectivity index (χ1v) is 6.70. The van der Waals surface area contributed by atoms with Crippen molar-refractivity contribution in [1.29, 1.82) is 0 Å². The van der Waals surface area contributed by atoms with Gasteiger partial charge < -0.3 is 15.5 Å². The Morgan fingerprint density at radius 3 is 2.75 bits per heavy atom. The van der Waals surface area contributed by atoms with Crippen molar-refractivity contribution in [2.45, 2.75) is 25.3 Å². The lowest BCUT2D eigenvalue weighted by Crippen LogP contribution is -2.17.